The highest BCUT2D eigenvalue weighted by atomic mass is 16.5. The van der Waals surface area contributed by atoms with Crippen LogP contribution in [0.15, 0.2) is 22.8 Å². The molecule has 0 fully saturated rings. The molecule has 3 heteroatoms. The predicted octanol–water partition coefficient (Wildman–Crippen LogP) is 2.75. The molecule has 0 aromatic carbocycles. The first-order valence-electron chi connectivity index (χ1n) is 5.56. The molecule has 2 atom stereocenters. The van der Waals surface area contributed by atoms with Crippen LogP contribution in [0, 0.1) is 0 Å². The number of ether oxygens (including phenoxy) is 1. The van der Waals surface area contributed by atoms with Crippen LogP contribution in [0.1, 0.15) is 38.5 Å². The van der Waals surface area contributed by atoms with Crippen molar-refractivity contribution >= 4 is 0 Å². The number of nitrogens with one attached hydrogen (secondary N) is 1. The third-order valence-corrected chi connectivity index (χ3v) is 2.46. The zero-order valence-electron chi connectivity index (χ0n) is 9.82. The van der Waals surface area contributed by atoms with Crippen molar-refractivity contribution in [2.24, 2.45) is 0 Å². The van der Waals surface area contributed by atoms with E-state index in [4.69, 9.17) is 9.15 Å². The third-order valence-electron chi connectivity index (χ3n) is 2.46. The summed E-state index contributed by atoms with van der Waals surface area (Å²) in [5, 5.41) is 3.50. The van der Waals surface area contributed by atoms with Gasteiger partial charge in [-0.2, -0.15) is 0 Å². The average Bonchev–Trinajstić information content (AvgIpc) is 2.71. The maximum Gasteiger partial charge on any atom is 0.120 e. The van der Waals surface area contributed by atoms with Crippen molar-refractivity contribution < 1.29 is 9.15 Å². The molecule has 0 aliphatic heterocycles. The van der Waals surface area contributed by atoms with E-state index in [-0.39, 0.29) is 6.04 Å². The van der Waals surface area contributed by atoms with Gasteiger partial charge in [0.15, 0.2) is 0 Å². The molecule has 1 rings (SSSR count). The molecule has 3 nitrogen and oxygen atoms in total. The standard InChI is InChI=1S/C12H21NO2/c1-4-6-11(9-14-3)13-10(2)12-7-5-8-15-12/h5,7-8,10-11,13H,4,6,9H2,1-3H3. The van der Waals surface area contributed by atoms with Gasteiger partial charge in [0, 0.05) is 13.2 Å². The molecule has 2 unspecified atom stereocenters. The van der Waals surface area contributed by atoms with Crippen molar-refractivity contribution in [3.8, 4) is 0 Å². The Hall–Kier alpha value is -0.800. The molecule has 0 aliphatic rings. The second-order valence-corrected chi connectivity index (χ2v) is 3.84. The first-order chi connectivity index (χ1) is 7.27. The summed E-state index contributed by atoms with van der Waals surface area (Å²) >= 11 is 0. The van der Waals surface area contributed by atoms with Gasteiger partial charge in [-0.1, -0.05) is 13.3 Å². The Morgan fingerprint density at radius 1 is 1.53 bits per heavy atom. The van der Waals surface area contributed by atoms with E-state index in [1.165, 1.54) is 0 Å². The molecule has 0 aliphatic carbocycles. The minimum atomic E-state index is 0.242. The van der Waals surface area contributed by atoms with Gasteiger partial charge in [0.05, 0.1) is 18.9 Å². The zero-order valence-corrected chi connectivity index (χ0v) is 9.82. The third kappa shape index (κ3) is 4.06. The summed E-state index contributed by atoms with van der Waals surface area (Å²) < 4.78 is 10.5. The molecular formula is C12H21NO2. The highest BCUT2D eigenvalue weighted by Crippen LogP contribution is 2.14. The van der Waals surface area contributed by atoms with Gasteiger partial charge in [-0.3, -0.25) is 0 Å². The smallest absolute Gasteiger partial charge is 0.120 e. The van der Waals surface area contributed by atoms with E-state index in [9.17, 15) is 0 Å². The van der Waals surface area contributed by atoms with Gasteiger partial charge in [0.2, 0.25) is 0 Å². The number of methoxy groups -OCH3 is 1. The second-order valence-electron chi connectivity index (χ2n) is 3.84. The Bertz CT molecular complexity index is 240. The van der Waals surface area contributed by atoms with Crippen molar-refractivity contribution in [3.05, 3.63) is 24.2 Å². The van der Waals surface area contributed by atoms with E-state index in [0.717, 1.165) is 25.2 Å². The van der Waals surface area contributed by atoms with E-state index >= 15 is 0 Å². The number of furan rings is 1. The number of hydrogen-bond donors (Lipinski definition) is 1. The van der Waals surface area contributed by atoms with Gasteiger partial charge < -0.3 is 14.5 Å². The first kappa shape index (κ1) is 12.3. The summed E-state index contributed by atoms with van der Waals surface area (Å²) in [5.41, 5.74) is 0. The van der Waals surface area contributed by atoms with E-state index in [1.807, 2.05) is 12.1 Å². The summed E-state index contributed by atoms with van der Waals surface area (Å²) in [5.74, 6) is 0.979. The molecule has 15 heavy (non-hydrogen) atoms. The lowest BCUT2D eigenvalue weighted by Crippen LogP contribution is -2.34. The van der Waals surface area contributed by atoms with Gasteiger partial charge in [-0.15, -0.1) is 0 Å². The lowest BCUT2D eigenvalue weighted by molar-refractivity contribution is 0.155. The number of hydrogen-bond acceptors (Lipinski definition) is 3. The molecule has 0 saturated heterocycles. The second kappa shape index (κ2) is 6.64. The molecule has 1 heterocycles. The summed E-state index contributed by atoms with van der Waals surface area (Å²) in [6, 6.07) is 4.55. The van der Waals surface area contributed by atoms with Gasteiger partial charge in [0.25, 0.3) is 0 Å². The van der Waals surface area contributed by atoms with Gasteiger partial charge >= 0.3 is 0 Å². The number of rotatable bonds is 7. The van der Waals surface area contributed by atoms with Crippen molar-refractivity contribution in [2.45, 2.75) is 38.8 Å². The highest BCUT2D eigenvalue weighted by molar-refractivity contribution is 5.03. The van der Waals surface area contributed by atoms with Gasteiger partial charge in [0.1, 0.15) is 5.76 Å². The van der Waals surface area contributed by atoms with Gasteiger partial charge in [-0.25, -0.2) is 0 Å². The van der Waals surface area contributed by atoms with Crippen LogP contribution in [-0.4, -0.2) is 19.8 Å². The summed E-state index contributed by atoms with van der Waals surface area (Å²) in [4.78, 5) is 0. The van der Waals surface area contributed by atoms with E-state index in [0.29, 0.717) is 6.04 Å². The predicted molar refractivity (Wildman–Crippen MR) is 60.8 cm³/mol. The summed E-state index contributed by atoms with van der Waals surface area (Å²) in [7, 11) is 1.74. The van der Waals surface area contributed by atoms with Crippen LogP contribution in [0.5, 0.6) is 0 Å². The molecule has 0 saturated carbocycles. The lowest BCUT2D eigenvalue weighted by Gasteiger charge is -2.21. The van der Waals surface area contributed by atoms with Crippen LogP contribution in [0.4, 0.5) is 0 Å². The molecule has 1 aromatic heterocycles. The van der Waals surface area contributed by atoms with E-state index in [1.54, 1.807) is 13.4 Å². The maximum absolute atomic E-state index is 5.35. The fourth-order valence-corrected chi connectivity index (χ4v) is 1.74. The Morgan fingerprint density at radius 2 is 2.33 bits per heavy atom. The molecule has 1 aromatic rings. The summed E-state index contributed by atoms with van der Waals surface area (Å²) in [6.07, 6.45) is 3.99. The van der Waals surface area contributed by atoms with E-state index < -0.39 is 0 Å². The van der Waals surface area contributed by atoms with Crippen LogP contribution >= 0.6 is 0 Å². The van der Waals surface area contributed by atoms with Crippen LogP contribution < -0.4 is 5.32 Å². The zero-order chi connectivity index (χ0) is 11.1. The molecule has 0 bridgehead atoms. The molecule has 1 N–H and O–H groups in total. The minimum absolute atomic E-state index is 0.242. The Labute approximate surface area is 91.8 Å². The molecule has 0 amide bonds. The maximum atomic E-state index is 5.35. The van der Waals surface area contributed by atoms with Crippen LogP contribution in [-0.2, 0) is 4.74 Å². The van der Waals surface area contributed by atoms with Gasteiger partial charge in [-0.05, 0) is 25.5 Å². The highest BCUT2D eigenvalue weighted by Gasteiger charge is 2.13. The normalized spacial score (nSPS) is 15.1. The van der Waals surface area contributed by atoms with Crippen molar-refractivity contribution in [2.75, 3.05) is 13.7 Å². The Morgan fingerprint density at radius 3 is 2.87 bits per heavy atom. The first-order valence-corrected chi connectivity index (χ1v) is 5.56. The van der Waals surface area contributed by atoms with Crippen molar-refractivity contribution in [1.82, 2.24) is 5.32 Å². The average molecular weight is 211 g/mol. The van der Waals surface area contributed by atoms with Crippen LogP contribution in [0.2, 0.25) is 0 Å². The van der Waals surface area contributed by atoms with Crippen molar-refractivity contribution in [1.29, 1.82) is 0 Å². The quantitative estimate of drug-likeness (QED) is 0.753. The van der Waals surface area contributed by atoms with Crippen LogP contribution in [0.3, 0.4) is 0 Å². The minimum Gasteiger partial charge on any atom is -0.468 e. The monoisotopic (exact) mass is 211 g/mol. The molecule has 0 spiro atoms. The Kier molecular flexibility index (Phi) is 5.43. The SMILES string of the molecule is CCCC(COC)NC(C)c1ccco1. The summed E-state index contributed by atoms with van der Waals surface area (Å²) in [6.45, 7) is 5.04. The fourth-order valence-electron chi connectivity index (χ4n) is 1.74. The molecule has 86 valence electrons. The van der Waals surface area contributed by atoms with Crippen LogP contribution in [0.25, 0.3) is 0 Å². The molecule has 0 radical (unpaired) electrons. The molecular weight excluding hydrogens is 190 g/mol. The topological polar surface area (TPSA) is 34.4 Å². The van der Waals surface area contributed by atoms with Crippen molar-refractivity contribution in [3.63, 3.8) is 0 Å². The largest absolute Gasteiger partial charge is 0.468 e. The Balaban J connectivity index is 2.43. The van der Waals surface area contributed by atoms with E-state index in [2.05, 4.69) is 19.2 Å². The lowest BCUT2D eigenvalue weighted by atomic mass is 10.1. The fraction of sp³-hybridized carbons (Fsp3) is 0.667.